The van der Waals surface area contributed by atoms with Crippen molar-refractivity contribution in [3.8, 4) is 0 Å². The van der Waals surface area contributed by atoms with Crippen LogP contribution in [0.1, 0.15) is 0 Å². The van der Waals surface area contributed by atoms with E-state index in [1.165, 1.54) is 0 Å². The van der Waals surface area contributed by atoms with Crippen molar-refractivity contribution < 1.29 is 0 Å². The zero-order chi connectivity index (χ0) is 16.2. The predicted octanol–water partition coefficient (Wildman–Crippen LogP) is 3.92. The molecule has 0 heterocycles. The van der Waals surface area contributed by atoms with Gasteiger partial charge in [0.1, 0.15) is 0 Å². The van der Waals surface area contributed by atoms with Gasteiger partial charge in [-0.25, -0.2) is 0 Å². The fraction of sp³-hybridized carbons (Fsp3) is 0. The van der Waals surface area contributed by atoms with E-state index in [1.807, 2.05) is 66.7 Å². The lowest BCUT2D eigenvalue weighted by Crippen LogP contribution is -1.97. The van der Waals surface area contributed by atoms with Gasteiger partial charge in [0.15, 0.2) is 0 Å². The molecule has 0 aliphatic carbocycles. The highest BCUT2D eigenvalue weighted by Crippen LogP contribution is 2.27. The van der Waals surface area contributed by atoms with Crippen LogP contribution in [0.4, 0.5) is 39.8 Å². The quantitative estimate of drug-likeness (QED) is 0.470. The van der Waals surface area contributed by atoms with Crippen LogP contribution < -0.4 is 27.8 Å². The highest BCUT2D eigenvalue weighted by atomic mass is 14.9. The first-order valence-corrected chi connectivity index (χ1v) is 7.24. The van der Waals surface area contributed by atoms with E-state index in [0.29, 0.717) is 5.69 Å². The van der Waals surface area contributed by atoms with E-state index in [4.69, 9.17) is 17.2 Å². The summed E-state index contributed by atoms with van der Waals surface area (Å²) in [6.45, 7) is 0. The minimum Gasteiger partial charge on any atom is -0.399 e. The summed E-state index contributed by atoms with van der Waals surface area (Å²) in [7, 11) is 0. The molecule has 0 aliphatic heterocycles. The minimum atomic E-state index is 0.670. The van der Waals surface area contributed by atoms with E-state index >= 15 is 0 Å². The smallest absolute Gasteiger partial charge is 0.0425 e. The van der Waals surface area contributed by atoms with Gasteiger partial charge >= 0.3 is 0 Å². The van der Waals surface area contributed by atoms with Crippen molar-refractivity contribution in [2.45, 2.75) is 0 Å². The topological polar surface area (TPSA) is 102 Å². The second kappa shape index (κ2) is 6.19. The summed E-state index contributed by atoms with van der Waals surface area (Å²) in [6.07, 6.45) is 0. The zero-order valence-electron chi connectivity index (χ0n) is 12.6. The number of anilines is 7. The van der Waals surface area contributed by atoms with E-state index in [2.05, 4.69) is 10.6 Å². The maximum Gasteiger partial charge on any atom is 0.0425 e. The highest BCUT2D eigenvalue weighted by molar-refractivity contribution is 5.74. The normalized spacial score (nSPS) is 10.3. The Kier molecular flexibility index (Phi) is 3.93. The van der Waals surface area contributed by atoms with Gasteiger partial charge < -0.3 is 27.8 Å². The monoisotopic (exact) mass is 305 g/mol. The van der Waals surface area contributed by atoms with Crippen LogP contribution >= 0.6 is 0 Å². The molecule has 3 aromatic carbocycles. The third kappa shape index (κ3) is 3.85. The Hall–Kier alpha value is -3.34. The summed E-state index contributed by atoms with van der Waals surface area (Å²) in [6, 6.07) is 20.8. The molecular weight excluding hydrogens is 286 g/mol. The van der Waals surface area contributed by atoms with Crippen molar-refractivity contribution in [2.24, 2.45) is 0 Å². The summed E-state index contributed by atoms with van der Waals surface area (Å²) in [5.74, 6) is 0. The number of nitrogens with two attached hydrogens (primary N) is 3. The summed E-state index contributed by atoms with van der Waals surface area (Å²) in [5.41, 5.74) is 23.2. The van der Waals surface area contributed by atoms with Gasteiger partial charge in [-0.15, -0.1) is 0 Å². The Morgan fingerprint density at radius 1 is 0.435 bits per heavy atom. The van der Waals surface area contributed by atoms with Gasteiger partial charge in [0.2, 0.25) is 0 Å². The molecule has 0 bridgehead atoms. The van der Waals surface area contributed by atoms with E-state index < -0.39 is 0 Å². The van der Waals surface area contributed by atoms with Crippen LogP contribution in [0.2, 0.25) is 0 Å². The molecule has 3 rings (SSSR count). The molecule has 5 nitrogen and oxygen atoms in total. The van der Waals surface area contributed by atoms with E-state index in [1.54, 1.807) is 0 Å². The number of hydrogen-bond acceptors (Lipinski definition) is 5. The largest absolute Gasteiger partial charge is 0.399 e. The van der Waals surface area contributed by atoms with Crippen molar-refractivity contribution >= 4 is 39.8 Å². The molecule has 0 fully saturated rings. The number of nitrogens with one attached hydrogen (secondary N) is 2. The maximum atomic E-state index is 5.99. The molecule has 0 saturated carbocycles. The van der Waals surface area contributed by atoms with Crippen LogP contribution in [-0.2, 0) is 0 Å². The van der Waals surface area contributed by atoms with E-state index in [9.17, 15) is 0 Å². The summed E-state index contributed by atoms with van der Waals surface area (Å²) < 4.78 is 0. The van der Waals surface area contributed by atoms with Gasteiger partial charge in [0, 0.05) is 39.8 Å². The SMILES string of the molecule is Nc1ccc(Nc2cc(N)cc(Nc3ccc(N)cc3)c2)cc1. The Morgan fingerprint density at radius 3 is 1.22 bits per heavy atom. The Bertz CT molecular complexity index is 729. The number of nitrogen functional groups attached to an aromatic ring is 3. The van der Waals surface area contributed by atoms with Crippen LogP contribution in [0.25, 0.3) is 0 Å². The molecule has 3 aromatic rings. The molecule has 0 aromatic heterocycles. The third-order valence-electron chi connectivity index (χ3n) is 3.35. The Balaban J connectivity index is 1.81. The summed E-state index contributed by atoms with van der Waals surface area (Å²) in [5, 5.41) is 6.62. The minimum absolute atomic E-state index is 0.670. The van der Waals surface area contributed by atoms with Crippen LogP contribution in [0, 0.1) is 0 Å². The summed E-state index contributed by atoms with van der Waals surface area (Å²) >= 11 is 0. The third-order valence-corrected chi connectivity index (χ3v) is 3.35. The molecule has 0 radical (unpaired) electrons. The van der Waals surface area contributed by atoms with E-state index in [0.717, 1.165) is 34.1 Å². The molecule has 8 N–H and O–H groups in total. The Labute approximate surface area is 135 Å². The number of rotatable bonds is 4. The number of benzene rings is 3. The molecule has 0 atom stereocenters. The van der Waals surface area contributed by atoms with Gasteiger partial charge in [-0.3, -0.25) is 0 Å². The van der Waals surface area contributed by atoms with Gasteiger partial charge in [0.25, 0.3) is 0 Å². The first kappa shape index (κ1) is 14.6. The number of hydrogen-bond donors (Lipinski definition) is 5. The molecule has 0 spiro atoms. The first-order valence-electron chi connectivity index (χ1n) is 7.24. The molecule has 5 heteroatoms. The second-order valence-corrected chi connectivity index (χ2v) is 5.34. The fourth-order valence-corrected chi connectivity index (χ4v) is 2.26. The molecule has 0 saturated heterocycles. The highest BCUT2D eigenvalue weighted by Gasteiger charge is 2.01. The molecular formula is C18H19N5. The average Bonchev–Trinajstić information content (AvgIpc) is 2.51. The van der Waals surface area contributed by atoms with Crippen molar-refractivity contribution in [2.75, 3.05) is 27.8 Å². The van der Waals surface area contributed by atoms with Crippen molar-refractivity contribution in [3.05, 3.63) is 66.7 Å². The van der Waals surface area contributed by atoms with Gasteiger partial charge in [-0.2, -0.15) is 0 Å². The standard InChI is InChI=1S/C18H19N5/c19-12-1-5-15(6-2-12)22-17-9-14(21)10-18(11-17)23-16-7-3-13(20)4-8-16/h1-11,22-23H,19-21H2. The zero-order valence-corrected chi connectivity index (χ0v) is 12.6. The Morgan fingerprint density at radius 2 is 0.826 bits per heavy atom. The molecule has 23 heavy (non-hydrogen) atoms. The van der Waals surface area contributed by atoms with Gasteiger partial charge in [-0.1, -0.05) is 0 Å². The second-order valence-electron chi connectivity index (χ2n) is 5.34. The maximum absolute atomic E-state index is 5.99. The first-order chi connectivity index (χ1) is 11.1. The lowest BCUT2D eigenvalue weighted by molar-refractivity contribution is 1.51. The van der Waals surface area contributed by atoms with Crippen LogP contribution in [0.15, 0.2) is 66.7 Å². The van der Waals surface area contributed by atoms with Crippen molar-refractivity contribution in [3.63, 3.8) is 0 Å². The van der Waals surface area contributed by atoms with Gasteiger partial charge in [0.05, 0.1) is 0 Å². The van der Waals surface area contributed by atoms with E-state index in [-0.39, 0.29) is 0 Å². The summed E-state index contributed by atoms with van der Waals surface area (Å²) in [4.78, 5) is 0. The lowest BCUT2D eigenvalue weighted by Gasteiger charge is -2.12. The molecule has 116 valence electrons. The van der Waals surface area contributed by atoms with Crippen LogP contribution in [0.5, 0.6) is 0 Å². The molecule has 0 unspecified atom stereocenters. The van der Waals surface area contributed by atoms with Gasteiger partial charge in [-0.05, 0) is 66.7 Å². The van der Waals surface area contributed by atoms with Crippen LogP contribution in [0.3, 0.4) is 0 Å². The van der Waals surface area contributed by atoms with Crippen molar-refractivity contribution in [1.82, 2.24) is 0 Å². The van der Waals surface area contributed by atoms with Crippen LogP contribution in [-0.4, -0.2) is 0 Å². The lowest BCUT2D eigenvalue weighted by atomic mass is 10.2. The average molecular weight is 305 g/mol. The van der Waals surface area contributed by atoms with Crippen molar-refractivity contribution in [1.29, 1.82) is 0 Å². The molecule has 0 aliphatic rings. The predicted molar refractivity (Wildman–Crippen MR) is 99.1 cm³/mol. The fourth-order valence-electron chi connectivity index (χ4n) is 2.26. The molecule has 0 amide bonds.